The zero-order valence-corrected chi connectivity index (χ0v) is 14.6. The summed E-state index contributed by atoms with van der Waals surface area (Å²) in [5.74, 6) is -0.697. The molecule has 0 atom stereocenters. The number of carbonyl (C=O) groups excluding carboxylic acids is 1. The average molecular weight is 359 g/mol. The Balaban J connectivity index is 1.44. The third-order valence-electron chi connectivity index (χ3n) is 4.59. The summed E-state index contributed by atoms with van der Waals surface area (Å²) in [5.41, 5.74) is 6.82. The van der Waals surface area contributed by atoms with Gasteiger partial charge in [0.2, 0.25) is 0 Å². The molecular formula is C22H18FN3O. The summed E-state index contributed by atoms with van der Waals surface area (Å²) >= 11 is 0. The lowest BCUT2D eigenvalue weighted by molar-refractivity contribution is 0.0955. The molecule has 0 aliphatic carbocycles. The van der Waals surface area contributed by atoms with Crippen molar-refractivity contribution >= 4 is 17.8 Å². The minimum atomic E-state index is -0.381. The summed E-state index contributed by atoms with van der Waals surface area (Å²) in [6.45, 7) is 1.59. The molecule has 27 heavy (non-hydrogen) atoms. The van der Waals surface area contributed by atoms with Gasteiger partial charge >= 0.3 is 0 Å². The van der Waals surface area contributed by atoms with Gasteiger partial charge in [0.1, 0.15) is 5.82 Å². The Morgan fingerprint density at radius 3 is 2.52 bits per heavy atom. The van der Waals surface area contributed by atoms with E-state index in [9.17, 15) is 9.18 Å². The summed E-state index contributed by atoms with van der Waals surface area (Å²) in [7, 11) is 0. The molecule has 4 nitrogen and oxygen atoms in total. The van der Waals surface area contributed by atoms with Crippen molar-refractivity contribution in [2.75, 3.05) is 4.90 Å². The van der Waals surface area contributed by atoms with Crippen LogP contribution in [0.1, 0.15) is 27.0 Å². The topological polar surface area (TPSA) is 44.7 Å². The average Bonchev–Trinajstić information content (AvgIpc) is 3.13. The summed E-state index contributed by atoms with van der Waals surface area (Å²) in [4.78, 5) is 14.6. The first kappa shape index (κ1) is 17.0. The molecule has 3 aromatic rings. The second-order valence-electron chi connectivity index (χ2n) is 6.40. The van der Waals surface area contributed by atoms with Gasteiger partial charge in [-0.15, -0.1) is 0 Å². The molecule has 0 saturated carbocycles. The van der Waals surface area contributed by atoms with Crippen LogP contribution in [0.25, 0.3) is 0 Å². The number of anilines is 1. The van der Waals surface area contributed by atoms with Gasteiger partial charge in [-0.05, 0) is 41.5 Å². The molecule has 1 N–H and O–H groups in total. The van der Waals surface area contributed by atoms with E-state index < -0.39 is 0 Å². The Morgan fingerprint density at radius 2 is 1.70 bits per heavy atom. The summed E-state index contributed by atoms with van der Waals surface area (Å²) in [6, 6.07) is 22.1. The van der Waals surface area contributed by atoms with E-state index in [4.69, 9.17) is 0 Å². The minimum Gasteiger partial charge on any atom is -0.363 e. The highest BCUT2D eigenvalue weighted by atomic mass is 19.1. The third kappa shape index (κ3) is 3.72. The van der Waals surface area contributed by atoms with Crippen LogP contribution in [0, 0.1) is 5.82 Å². The van der Waals surface area contributed by atoms with E-state index >= 15 is 0 Å². The maximum atomic E-state index is 13.6. The number of benzene rings is 3. The van der Waals surface area contributed by atoms with E-state index in [1.165, 1.54) is 17.8 Å². The van der Waals surface area contributed by atoms with Gasteiger partial charge < -0.3 is 4.90 Å². The highest BCUT2D eigenvalue weighted by Crippen LogP contribution is 2.28. The first-order valence-corrected chi connectivity index (χ1v) is 8.70. The first-order chi connectivity index (χ1) is 13.2. The Bertz CT molecular complexity index is 1000. The largest absolute Gasteiger partial charge is 0.363 e. The normalized spacial score (nSPS) is 13.0. The lowest BCUT2D eigenvalue weighted by atomic mass is 10.1. The molecule has 0 unspecified atom stereocenters. The van der Waals surface area contributed by atoms with Crippen molar-refractivity contribution in [3.63, 3.8) is 0 Å². The minimum absolute atomic E-state index is 0.316. The Labute approximate surface area is 157 Å². The molecule has 3 aromatic carbocycles. The monoisotopic (exact) mass is 359 g/mol. The number of hydrogen-bond acceptors (Lipinski definition) is 3. The van der Waals surface area contributed by atoms with Gasteiger partial charge in [-0.2, -0.15) is 5.10 Å². The molecule has 4 rings (SSSR count). The fourth-order valence-electron chi connectivity index (χ4n) is 3.16. The summed E-state index contributed by atoms with van der Waals surface area (Å²) in [6.07, 6.45) is 1.30. The standard InChI is InChI=1S/C22H18FN3O/c23-21-9-5-4-6-17(21)13-24-25-22(27)16-10-11-18-14-26(15-19(18)12-16)20-7-2-1-3-8-20/h1-13H,14-15H2,(H,25,27)/b24-13+. The van der Waals surface area contributed by atoms with E-state index in [-0.39, 0.29) is 11.7 Å². The first-order valence-electron chi connectivity index (χ1n) is 8.70. The number of hydrazone groups is 1. The van der Waals surface area contributed by atoms with Crippen molar-refractivity contribution in [2.24, 2.45) is 5.10 Å². The number of nitrogens with zero attached hydrogens (tertiary/aromatic N) is 2. The molecule has 0 saturated heterocycles. The SMILES string of the molecule is O=C(N/N=C/c1ccccc1F)c1ccc2c(c1)CN(c1ccccc1)C2. The third-order valence-corrected chi connectivity index (χ3v) is 4.59. The second kappa shape index (κ2) is 7.41. The molecule has 0 fully saturated rings. The van der Waals surface area contributed by atoms with E-state index in [1.54, 1.807) is 24.3 Å². The van der Waals surface area contributed by atoms with Crippen molar-refractivity contribution in [3.8, 4) is 0 Å². The van der Waals surface area contributed by atoms with Crippen LogP contribution >= 0.6 is 0 Å². The molecule has 0 bridgehead atoms. The highest BCUT2D eigenvalue weighted by Gasteiger charge is 2.20. The number of rotatable bonds is 4. The zero-order chi connectivity index (χ0) is 18.6. The maximum Gasteiger partial charge on any atom is 0.271 e. The van der Waals surface area contributed by atoms with Crippen LogP contribution in [0.5, 0.6) is 0 Å². The number of halogens is 1. The Kier molecular flexibility index (Phi) is 4.66. The summed E-state index contributed by atoms with van der Waals surface area (Å²) in [5, 5.41) is 3.86. The number of carbonyl (C=O) groups is 1. The number of fused-ring (bicyclic) bond motifs is 1. The van der Waals surface area contributed by atoms with Crippen LogP contribution in [0.15, 0.2) is 77.9 Å². The van der Waals surface area contributed by atoms with Gasteiger partial charge in [0.25, 0.3) is 5.91 Å². The molecule has 134 valence electrons. The Hall–Kier alpha value is -3.47. The van der Waals surface area contributed by atoms with E-state index in [0.717, 1.165) is 24.3 Å². The van der Waals surface area contributed by atoms with Crippen molar-refractivity contribution in [1.82, 2.24) is 5.43 Å². The lowest BCUT2D eigenvalue weighted by Gasteiger charge is -2.17. The van der Waals surface area contributed by atoms with Crippen LogP contribution in [0.2, 0.25) is 0 Å². The predicted molar refractivity (Wildman–Crippen MR) is 104 cm³/mol. The van der Waals surface area contributed by atoms with Gasteiger partial charge in [-0.3, -0.25) is 4.79 Å². The van der Waals surface area contributed by atoms with Crippen LogP contribution < -0.4 is 10.3 Å². The van der Waals surface area contributed by atoms with Gasteiger partial charge in [-0.25, -0.2) is 9.82 Å². The molecule has 0 spiro atoms. The fourth-order valence-corrected chi connectivity index (χ4v) is 3.16. The predicted octanol–water partition coefficient (Wildman–Crippen LogP) is 4.11. The zero-order valence-electron chi connectivity index (χ0n) is 14.6. The van der Waals surface area contributed by atoms with Crippen LogP contribution in [0.3, 0.4) is 0 Å². The van der Waals surface area contributed by atoms with Crippen LogP contribution in [-0.4, -0.2) is 12.1 Å². The smallest absolute Gasteiger partial charge is 0.271 e. The van der Waals surface area contributed by atoms with Crippen molar-refractivity contribution in [2.45, 2.75) is 13.1 Å². The maximum absolute atomic E-state index is 13.6. The second-order valence-corrected chi connectivity index (χ2v) is 6.40. The molecular weight excluding hydrogens is 341 g/mol. The lowest BCUT2D eigenvalue weighted by Crippen LogP contribution is -2.18. The van der Waals surface area contributed by atoms with Gasteiger partial charge in [-0.1, -0.05) is 42.5 Å². The highest BCUT2D eigenvalue weighted by molar-refractivity contribution is 5.95. The summed E-state index contributed by atoms with van der Waals surface area (Å²) < 4.78 is 13.6. The fraction of sp³-hybridized carbons (Fsp3) is 0.0909. The van der Waals surface area contributed by atoms with E-state index in [2.05, 4.69) is 27.6 Å². The quantitative estimate of drug-likeness (QED) is 0.563. The number of para-hydroxylation sites is 1. The molecule has 1 heterocycles. The van der Waals surface area contributed by atoms with E-state index in [1.807, 2.05) is 30.3 Å². The van der Waals surface area contributed by atoms with Gasteiger partial charge in [0.05, 0.1) is 6.21 Å². The van der Waals surface area contributed by atoms with E-state index in [0.29, 0.717) is 11.1 Å². The number of amides is 1. The van der Waals surface area contributed by atoms with Crippen molar-refractivity contribution in [1.29, 1.82) is 0 Å². The van der Waals surface area contributed by atoms with Crippen LogP contribution in [-0.2, 0) is 13.1 Å². The number of hydrogen-bond donors (Lipinski definition) is 1. The molecule has 1 aliphatic rings. The van der Waals surface area contributed by atoms with Crippen molar-refractivity contribution < 1.29 is 9.18 Å². The Morgan fingerprint density at radius 1 is 0.963 bits per heavy atom. The number of nitrogens with one attached hydrogen (secondary N) is 1. The molecule has 0 aromatic heterocycles. The molecule has 0 radical (unpaired) electrons. The van der Waals surface area contributed by atoms with Gasteiger partial charge in [0.15, 0.2) is 0 Å². The van der Waals surface area contributed by atoms with Crippen LogP contribution in [0.4, 0.5) is 10.1 Å². The molecule has 1 aliphatic heterocycles. The van der Waals surface area contributed by atoms with Gasteiger partial charge in [0, 0.05) is 29.9 Å². The molecule has 1 amide bonds. The molecule has 5 heteroatoms. The van der Waals surface area contributed by atoms with Crippen molar-refractivity contribution in [3.05, 3.63) is 101 Å².